The molecule has 0 aliphatic rings. The van der Waals surface area contributed by atoms with Gasteiger partial charge in [-0.2, -0.15) is 0 Å². The second-order valence-corrected chi connectivity index (χ2v) is 3.51. The van der Waals surface area contributed by atoms with Gasteiger partial charge in [0.05, 0.1) is 6.54 Å². The van der Waals surface area contributed by atoms with Crippen molar-refractivity contribution in [1.82, 2.24) is 10.6 Å². The van der Waals surface area contributed by atoms with Crippen LogP contribution in [0.3, 0.4) is 0 Å². The second kappa shape index (κ2) is 7.67. The number of carbonyl (C=O) groups is 3. The fourth-order valence-corrected chi connectivity index (χ4v) is 1.12. The van der Waals surface area contributed by atoms with Crippen LogP contribution in [-0.2, 0) is 14.4 Å². The summed E-state index contributed by atoms with van der Waals surface area (Å²) in [6.45, 7) is 3.04. The van der Waals surface area contributed by atoms with Gasteiger partial charge in [0.1, 0.15) is 6.04 Å². The fraction of sp³-hybridized carbons (Fsp3) is 0.700. The molecule has 0 unspecified atom stereocenters. The molecule has 16 heavy (non-hydrogen) atoms. The molecule has 0 fully saturated rings. The van der Waals surface area contributed by atoms with Gasteiger partial charge in [-0.3, -0.25) is 9.59 Å². The molecule has 3 N–H and O–H groups in total. The topological polar surface area (TPSA) is 95.5 Å². The van der Waals surface area contributed by atoms with Gasteiger partial charge in [0.2, 0.25) is 11.8 Å². The van der Waals surface area contributed by atoms with E-state index in [0.29, 0.717) is 6.42 Å². The molecule has 1 atom stereocenters. The molecule has 92 valence electrons. The van der Waals surface area contributed by atoms with Gasteiger partial charge in [-0.1, -0.05) is 19.8 Å². The molecule has 0 saturated heterocycles. The highest BCUT2D eigenvalue weighted by Gasteiger charge is 2.18. The number of carbonyl (C=O) groups excluding carboxylic acids is 2. The van der Waals surface area contributed by atoms with Crippen molar-refractivity contribution in [2.45, 2.75) is 39.2 Å². The van der Waals surface area contributed by atoms with Gasteiger partial charge in [-0.05, 0) is 6.42 Å². The van der Waals surface area contributed by atoms with Crippen LogP contribution in [0.4, 0.5) is 0 Å². The van der Waals surface area contributed by atoms with Gasteiger partial charge >= 0.3 is 5.97 Å². The van der Waals surface area contributed by atoms with Crippen LogP contribution >= 0.6 is 0 Å². The van der Waals surface area contributed by atoms with E-state index in [1.807, 2.05) is 6.92 Å². The highest BCUT2D eigenvalue weighted by molar-refractivity contribution is 5.87. The van der Waals surface area contributed by atoms with E-state index >= 15 is 0 Å². The van der Waals surface area contributed by atoms with E-state index in [1.165, 1.54) is 6.92 Å². The molecule has 0 aromatic rings. The monoisotopic (exact) mass is 230 g/mol. The molecule has 0 saturated carbocycles. The standard InChI is InChI=1S/C10H18N2O4/c1-3-4-5-8(10(15)16)12-9(14)6-11-7(2)13/h8H,3-6H2,1-2H3,(H,11,13)(H,12,14)(H,15,16)/t8-/m0/s1. The lowest BCUT2D eigenvalue weighted by molar-refractivity contribution is -0.141. The average Bonchev–Trinajstić information content (AvgIpc) is 2.20. The van der Waals surface area contributed by atoms with E-state index in [1.54, 1.807) is 0 Å². The number of hydrogen-bond donors (Lipinski definition) is 3. The van der Waals surface area contributed by atoms with Crippen LogP contribution in [-0.4, -0.2) is 35.5 Å². The Morgan fingerprint density at radius 1 is 1.31 bits per heavy atom. The predicted octanol–water partition coefficient (Wildman–Crippen LogP) is -0.118. The molecular weight excluding hydrogens is 212 g/mol. The molecule has 0 aromatic carbocycles. The van der Waals surface area contributed by atoms with Crippen LogP contribution in [0.2, 0.25) is 0 Å². The van der Waals surface area contributed by atoms with Crippen LogP contribution in [0.25, 0.3) is 0 Å². The minimum Gasteiger partial charge on any atom is -0.480 e. The number of carboxylic acid groups (broad SMARTS) is 1. The van der Waals surface area contributed by atoms with Crippen LogP contribution in [0.15, 0.2) is 0 Å². The Morgan fingerprint density at radius 2 is 1.94 bits per heavy atom. The van der Waals surface area contributed by atoms with Crippen LogP contribution < -0.4 is 10.6 Å². The Labute approximate surface area is 94.4 Å². The fourth-order valence-electron chi connectivity index (χ4n) is 1.12. The third-order valence-electron chi connectivity index (χ3n) is 1.98. The second-order valence-electron chi connectivity index (χ2n) is 3.51. The number of amides is 2. The Morgan fingerprint density at radius 3 is 2.38 bits per heavy atom. The molecule has 0 aliphatic heterocycles. The first-order chi connectivity index (χ1) is 7.47. The molecule has 0 spiro atoms. The van der Waals surface area contributed by atoms with Crippen molar-refractivity contribution in [3.05, 3.63) is 0 Å². The third kappa shape index (κ3) is 6.80. The number of aliphatic carboxylic acids is 1. The van der Waals surface area contributed by atoms with Crippen molar-refractivity contribution >= 4 is 17.8 Å². The normalized spacial score (nSPS) is 11.6. The third-order valence-corrected chi connectivity index (χ3v) is 1.98. The van der Waals surface area contributed by atoms with Crippen LogP contribution in [0.1, 0.15) is 33.1 Å². The predicted molar refractivity (Wildman–Crippen MR) is 57.8 cm³/mol. The zero-order valence-corrected chi connectivity index (χ0v) is 9.58. The zero-order valence-electron chi connectivity index (χ0n) is 9.58. The number of nitrogens with one attached hydrogen (secondary N) is 2. The summed E-state index contributed by atoms with van der Waals surface area (Å²) in [5.41, 5.74) is 0. The Balaban J connectivity index is 4.02. The Bertz CT molecular complexity index is 266. The first kappa shape index (κ1) is 14.4. The van der Waals surface area contributed by atoms with E-state index in [4.69, 9.17) is 5.11 Å². The van der Waals surface area contributed by atoms with Gasteiger partial charge in [0.15, 0.2) is 0 Å². The first-order valence-corrected chi connectivity index (χ1v) is 5.24. The summed E-state index contributed by atoms with van der Waals surface area (Å²) in [6.07, 6.45) is 2.00. The summed E-state index contributed by atoms with van der Waals surface area (Å²) in [5, 5.41) is 13.5. The van der Waals surface area contributed by atoms with Crippen molar-refractivity contribution < 1.29 is 19.5 Å². The molecule has 0 heterocycles. The maximum absolute atomic E-state index is 11.2. The van der Waals surface area contributed by atoms with Crippen molar-refractivity contribution in [3.63, 3.8) is 0 Å². The van der Waals surface area contributed by atoms with E-state index in [-0.39, 0.29) is 12.5 Å². The number of unbranched alkanes of at least 4 members (excludes halogenated alkanes) is 1. The average molecular weight is 230 g/mol. The van der Waals surface area contributed by atoms with Crippen LogP contribution in [0.5, 0.6) is 0 Å². The largest absolute Gasteiger partial charge is 0.480 e. The van der Waals surface area contributed by atoms with E-state index < -0.39 is 17.9 Å². The molecule has 0 aliphatic carbocycles. The van der Waals surface area contributed by atoms with Gasteiger partial charge in [0.25, 0.3) is 0 Å². The minimum absolute atomic E-state index is 0.189. The molecule has 0 radical (unpaired) electrons. The molecule has 2 amide bonds. The molecule has 0 rings (SSSR count). The molecule has 6 nitrogen and oxygen atoms in total. The van der Waals surface area contributed by atoms with Gasteiger partial charge in [0, 0.05) is 6.92 Å². The quantitative estimate of drug-likeness (QED) is 0.568. The summed E-state index contributed by atoms with van der Waals surface area (Å²) in [5.74, 6) is -1.86. The van der Waals surface area contributed by atoms with Gasteiger partial charge in [-0.25, -0.2) is 4.79 Å². The van der Waals surface area contributed by atoms with Crippen molar-refractivity contribution in [1.29, 1.82) is 0 Å². The van der Waals surface area contributed by atoms with Crippen molar-refractivity contribution in [2.75, 3.05) is 6.54 Å². The van der Waals surface area contributed by atoms with E-state index in [2.05, 4.69) is 10.6 Å². The minimum atomic E-state index is -1.05. The Hall–Kier alpha value is -1.59. The van der Waals surface area contributed by atoms with Crippen molar-refractivity contribution in [3.8, 4) is 0 Å². The van der Waals surface area contributed by atoms with E-state index in [0.717, 1.165) is 12.8 Å². The zero-order chi connectivity index (χ0) is 12.6. The summed E-state index contributed by atoms with van der Waals surface area (Å²) in [7, 11) is 0. The summed E-state index contributed by atoms with van der Waals surface area (Å²) in [4.78, 5) is 32.5. The van der Waals surface area contributed by atoms with Crippen molar-refractivity contribution in [2.24, 2.45) is 0 Å². The smallest absolute Gasteiger partial charge is 0.326 e. The summed E-state index contributed by atoms with van der Waals surface area (Å²) < 4.78 is 0. The lowest BCUT2D eigenvalue weighted by Gasteiger charge is -2.13. The maximum Gasteiger partial charge on any atom is 0.326 e. The highest BCUT2D eigenvalue weighted by Crippen LogP contribution is 2.00. The summed E-state index contributed by atoms with van der Waals surface area (Å²) in [6, 6.07) is -0.874. The molecular formula is C10H18N2O4. The lowest BCUT2D eigenvalue weighted by Crippen LogP contribution is -2.45. The van der Waals surface area contributed by atoms with Gasteiger partial charge in [-0.15, -0.1) is 0 Å². The maximum atomic E-state index is 11.2. The van der Waals surface area contributed by atoms with Gasteiger partial charge < -0.3 is 15.7 Å². The molecule has 0 aromatic heterocycles. The molecule has 6 heteroatoms. The SMILES string of the molecule is CCCC[C@H](NC(=O)CNC(C)=O)C(=O)O. The summed E-state index contributed by atoms with van der Waals surface area (Å²) >= 11 is 0. The highest BCUT2D eigenvalue weighted by atomic mass is 16.4. The lowest BCUT2D eigenvalue weighted by atomic mass is 10.1. The first-order valence-electron chi connectivity index (χ1n) is 5.24. The molecule has 0 bridgehead atoms. The number of hydrogen-bond acceptors (Lipinski definition) is 3. The number of carboxylic acids is 1. The van der Waals surface area contributed by atoms with Crippen LogP contribution in [0, 0.1) is 0 Å². The Kier molecular flexibility index (Phi) is 6.91. The van der Waals surface area contributed by atoms with E-state index in [9.17, 15) is 14.4 Å². The number of rotatable bonds is 7.